The van der Waals surface area contributed by atoms with Crippen molar-refractivity contribution in [1.82, 2.24) is 5.32 Å². The molecule has 4 nitrogen and oxygen atoms in total. The lowest BCUT2D eigenvalue weighted by atomic mass is 10.0. The minimum Gasteiger partial charge on any atom is -0.444 e. The van der Waals surface area contributed by atoms with Crippen LogP contribution in [0.2, 0.25) is 0 Å². The number of hydrogen-bond acceptors (Lipinski definition) is 3. The van der Waals surface area contributed by atoms with Gasteiger partial charge in [-0.15, -0.1) is 6.42 Å². The van der Waals surface area contributed by atoms with E-state index in [1.807, 2.05) is 20.8 Å². The maximum Gasteiger partial charge on any atom is 0.407 e. The van der Waals surface area contributed by atoms with Crippen molar-refractivity contribution < 1.29 is 14.3 Å². The molecule has 0 aromatic carbocycles. The van der Waals surface area contributed by atoms with Crippen LogP contribution in [0.15, 0.2) is 0 Å². The van der Waals surface area contributed by atoms with E-state index in [4.69, 9.17) is 15.9 Å². The molecule has 0 aliphatic rings. The topological polar surface area (TPSA) is 47.6 Å². The number of carbonyl (C=O) groups excluding carboxylic acids is 1. The number of amides is 1. The van der Waals surface area contributed by atoms with E-state index in [1.54, 1.807) is 0 Å². The summed E-state index contributed by atoms with van der Waals surface area (Å²) >= 11 is 0. The van der Waals surface area contributed by atoms with Crippen molar-refractivity contribution in [2.75, 3.05) is 13.2 Å². The summed E-state index contributed by atoms with van der Waals surface area (Å²) in [6.07, 6.45) is 5.52. The first-order chi connectivity index (χ1) is 8.24. The second kappa shape index (κ2) is 7.99. The lowest BCUT2D eigenvalue weighted by molar-refractivity contribution is 0.0447. The molecule has 4 heteroatoms. The third kappa shape index (κ3) is 9.98. The molecule has 0 saturated heterocycles. The lowest BCUT2D eigenvalue weighted by Crippen LogP contribution is -2.42. The van der Waals surface area contributed by atoms with Crippen LogP contribution in [0.5, 0.6) is 0 Å². The molecule has 0 rings (SSSR count). The minimum atomic E-state index is -0.494. The molecule has 18 heavy (non-hydrogen) atoms. The summed E-state index contributed by atoms with van der Waals surface area (Å²) in [5.74, 6) is 2.86. The number of alkyl carbamates (subject to hydrolysis) is 1. The van der Waals surface area contributed by atoms with Crippen molar-refractivity contribution in [3.8, 4) is 12.3 Å². The van der Waals surface area contributed by atoms with E-state index in [-0.39, 0.29) is 12.6 Å². The van der Waals surface area contributed by atoms with E-state index in [1.165, 1.54) is 0 Å². The number of hydrogen-bond donors (Lipinski definition) is 1. The van der Waals surface area contributed by atoms with Crippen LogP contribution in [0.1, 0.15) is 41.0 Å². The zero-order valence-electron chi connectivity index (χ0n) is 12.1. The van der Waals surface area contributed by atoms with Crippen molar-refractivity contribution in [2.24, 2.45) is 5.92 Å². The van der Waals surface area contributed by atoms with Gasteiger partial charge in [0.25, 0.3) is 0 Å². The Labute approximate surface area is 110 Å². The fraction of sp³-hybridized carbons (Fsp3) is 0.786. The summed E-state index contributed by atoms with van der Waals surface area (Å²) in [5, 5.41) is 2.81. The highest BCUT2D eigenvalue weighted by Gasteiger charge is 2.20. The number of carbonyl (C=O) groups is 1. The predicted octanol–water partition coefficient (Wildman–Crippen LogP) is 2.58. The first-order valence-corrected chi connectivity index (χ1v) is 6.25. The van der Waals surface area contributed by atoms with Gasteiger partial charge in [-0.2, -0.15) is 0 Å². The van der Waals surface area contributed by atoms with Crippen LogP contribution in [-0.4, -0.2) is 30.9 Å². The highest BCUT2D eigenvalue weighted by Crippen LogP contribution is 2.09. The molecule has 0 aromatic rings. The Morgan fingerprint density at radius 2 is 2.00 bits per heavy atom. The van der Waals surface area contributed by atoms with Gasteiger partial charge in [0.1, 0.15) is 12.2 Å². The fourth-order valence-electron chi connectivity index (χ4n) is 1.47. The SMILES string of the molecule is C#CCOC[C@@H](CC(C)C)NC(=O)OC(C)(C)C. The number of terminal acetylenes is 1. The first-order valence-electron chi connectivity index (χ1n) is 6.25. The Morgan fingerprint density at radius 3 is 2.44 bits per heavy atom. The van der Waals surface area contributed by atoms with Crippen LogP contribution in [0, 0.1) is 18.3 Å². The molecule has 1 N–H and O–H groups in total. The predicted molar refractivity (Wildman–Crippen MR) is 72.3 cm³/mol. The smallest absolute Gasteiger partial charge is 0.407 e. The van der Waals surface area contributed by atoms with Crippen LogP contribution >= 0.6 is 0 Å². The van der Waals surface area contributed by atoms with Crippen LogP contribution in [0.3, 0.4) is 0 Å². The quantitative estimate of drug-likeness (QED) is 0.586. The largest absolute Gasteiger partial charge is 0.444 e. The maximum absolute atomic E-state index is 11.7. The van der Waals surface area contributed by atoms with E-state index in [2.05, 4.69) is 25.1 Å². The molecule has 0 fully saturated rings. The van der Waals surface area contributed by atoms with Crippen molar-refractivity contribution >= 4 is 6.09 Å². The Morgan fingerprint density at radius 1 is 1.39 bits per heavy atom. The molecule has 0 unspecified atom stereocenters. The zero-order chi connectivity index (χ0) is 14.2. The van der Waals surface area contributed by atoms with E-state index >= 15 is 0 Å². The van der Waals surface area contributed by atoms with Crippen LogP contribution in [0.4, 0.5) is 4.79 Å². The Balaban J connectivity index is 4.22. The minimum absolute atomic E-state index is 0.0757. The van der Waals surface area contributed by atoms with Gasteiger partial charge in [0, 0.05) is 0 Å². The van der Waals surface area contributed by atoms with Crippen LogP contribution < -0.4 is 5.32 Å². The van der Waals surface area contributed by atoms with Crippen molar-refractivity contribution in [3.05, 3.63) is 0 Å². The third-order valence-corrected chi connectivity index (χ3v) is 1.98. The molecule has 0 aromatic heterocycles. The summed E-state index contributed by atoms with van der Waals surface area (Å²) in [6.45, 7) is 10.3. The van der Waals surface area contributed by atoms with Crippen LogP contribution in [0.25, 0.3) is 0 Å². The molecule has 0 heterocycles. The van der Waals surface area contributed by atoms with Gasteiger partial charge in [-0.3, -0.25) is 0 Å². The van der Waals surface area contributed by atoms with Gasteiger partial charge in [-0.25, -0.2) is 4.79 Å². The van der Waals surface area contributed by atoms with E-state index < -0.39 is 11.7 Å². The average Bonchev–Trinajstić information content (AvgIpc) is 2.13. The van der Waals surface area contributed by atoms with Crippen molar-refractivity contribution in [2.45, 2.75) is 52.7 Å². The third-order valence-electron chi connectivity index (χ3n) is 1.98. The molecular weight excluding hydrogens is 230 g/mol. The summed E-state index contributed by atoms with van der Waals surface area (Å²) in [6, 6.07) is -0.0757. The van der Waals surface area contributed by atoms with Crippen LogP contribution in [-0.2, 0) is 9.47 Å². The second-order valence-corrected chi connectivity index (χ2v) is 5.69. The first kappa shape index (κ1) is 16.8. The van der Waals surface area contributed by atoms with Crippen molar-refractivity contribution in [3.63, 3.8) is 0 Å². The normalized spacial score (nSPS) is 12.9. The summed E-state index contributed by atoms with van der Waals surface area (Å²) < 4.78 is 10.5. The summed E-state index contributed by atoms with van der Waals surface area (Å²) in [5.41, 5.74) is -0.494. The lowest BCUT2D eigenvalue weighted by Gasteiger charge is -2.24. The molecule has 0 spiro atoms. The molecule has 0 radical (unpaired) electrons. The number of nitrogens with one attached hydrogen (secondary N) is 1. The molecule has 0 bridgehead atoms. The highest BCUT2D eigenvalue weighted by molar-refractivity contribution is 5.68. The van der Waals surface area contributed by atoms with Gasteiger partial charge in [-0.1, -0.05) is 19.8 Å². The second-order valence-electron chi connectivity index (χ2n) is 5.69. The Hall–Kier alpha value is -1.21. The average molecular weight is 255 g/mol. The van der Waals surface area contributed by atoms with E-state index in [0.717, 1.165) is 6.42 Å². The molecule has 0 aliphatic carbocycles. The van der Waals surface area contributed by atoms with E-state index in [9.17, 15) is 4.79 Å². The molecule has 0 aliphatic heterocycles. The molecular formula is C14H25NO3. The van der Waals surface area contributed by atoms with Gasteiger partial charge in [0.15, 0.2) is 0 Å². The fourth-order valence-corrected chi connectivity index (χ4v) is 1.47. The van der Waals surface area contributed by atoms with Gasteiger partial charge >= 0.3 is 6.09 Å². The highest BCUT2D eigenvalue weighted by atomic mass is 16.6. The van der Waals surface area contributed by atoms with Gasteiger partial charge < -0.3 is 14.8 Å². The summed E-state index contributed by atoms with van der Waals surface area (Å²) in [7, 11) is 0. The monoisotopic (exact) mass is 255 g/mol. The number of rotatable bonds is 6. The van der Waals surface area contributed by atoms with Crippen molar-refractivity contribution in [1.29, 1.82) is 0 Å². The Bertz CT molecular complexity index is 286. The maximum atomic E-state index is 11.7. The van der Waals surface area contributed by atoms with Gasteiger partial charge in [0.2, 0.25) is 0 Å². The standard InChI is InChI=1S/C14H25NO3/c1-7-8-17-10-12(9-11(2)3)15-13(16)18-14(4,5)6/h1,11-12H,8-10H2,2-6H3,(H,15,16)/t12-/m1/s1. The van der Waals surface area contributed by atoms with E-state index in [0.29, 0.717) is 12.5 Å². The van der Waals surface area contributed by atoms with Gasteiger partial charge in [0.05, 0.1) is 12.6 Å². The molecule has 1 atom stereocenters. The Kier molecular flexibility index (Phi) is 7.45. The molecule has 104 valence electrons. The summed E-state index contributed by atoms with van der Waals surface area (Å²) in [4.78, 5) is 11.7. The molecule has 1 amide bonds. The zero-order valence-corrected chi connectivity index (χ0v) is 12.1. The molecule has 0 saturated carbocycles. The number of ether oxygens (including phenoxy) is 2. The van der Waals surface area contributed by atoms with Gasteiger partial charge in [-0.05, 0) is 33.1 Å².